The Balaban J connectivity index is 3.23. The first-order valence-electron chi connectivity index (χ1n) is 3.71. The Morgan fingerprint density at radius 1 is 1.62 bits per heavy atom. The maximum absolute atomic E-state index is 8.78. The highest BCUT2D eigenvalue weighted by atomic mass is 79.9. The molecule has 0 radical (unpaired) electrons. The van der Waals surface area contributed by atoms with Gasteiger partial charge in [-0.1, -0.05) is 27.5 Å². The zero-order valence-electron chi connectivity index (χ0n) is 6.97. The van der Waals surface area contributed by atoms with E-state index in [4.69, 9.17) is 21.6 Å². The van der Waals surface area contributed by atoms with Gasteiger partial charge in [-0.2, -0.15) is 5.26 Å². The van der Waals surface area contributed by atoms with Crippen LogP contribution in [0.1, 0.15) is 12.5 Å². The lowest BCUT2D eigenvalue weighted by Gasteiger charge is -2.07. The molecular formula is C9H7BrClNO. The van der Waals surface area contributed by atoms with E-state index in [2.05, 4.69) is 15.9 Å². The van der Waals surface area contributed by atoms with Crippen molar-refractivity contribution < 1.29 is 4.74 Å². The fourth-order valence-corrected chi connectivity index (χ4v) is 1.80. The van der Waals surface area contributed by atoms with E-state index in [1.54, 1.807) is 12.1 Å². The quantitative estimate of drug-likeness (QED) is 0.817. The highest BCUT2D eigenvalue weighted by Crippen LogP contribution is 2.31. The highest BCUT2D eigenvalue weighted by molar-refractivity contribution is 9.10. The average molecular weight is 261 g/mol. The Kier molecular flexibility index (Phi) is 3.58. The van der Waals surface area contributed by atoms with Gasteiger partial charge in [-0.3, -0.25) is 0 Å². The van der Waals surface area contributed by atoms with Gasteiger partial charge in [-0.15, -0.1) is 0 Å². The van der Waals surface area contributed by atoms with Crippen molar-refractivity contribution in [2.75, 3.05) is 6.61 Å². The van der Waals surface area contributed by atoms with Crippen molar-refractivity contribution in [3.63, 3.8) is 0 Å². The molecule has 0 bridgehead atoms. The summed E-state index contributed by atoms with van der Waals surface area (Å²) in [5, 5.41) is 9.24. The summed E-state index contributed by atoms with van der Waals surface area (Å²) in [6, 6.07) is 5.40. The largest absolute Gasteiger partial charge is 0.491 e. The van der Waals surface area contributed by atoms with Crippen LogP contribution in [0.3, 0.4) is 0 Å². The summed E-state index contributed by atoms with van der Waals surface area (Å²) in [7, 11) is 0. The smallest absolute Gasteiger partial charge is 0.155 e. The van der Waals surface area contributed by atoms with Gasteiger partial charge in [0.05, 0.1) is 17.2 Å². The minimum atomic E-state index is 0.446. The molecule has 68 valence electrons. The molecule has 0 aliphatic carbocycles. The standard InChI is InChI=1S/C9H7BrClNO/c1-2-13-9-6(5-12)3-7(10)4-8(9)11/h3-4H,2H2,1H3. The molecule has 0 aliphatic rings. The average Bonchev–Trinajstić information content (AvgIpc) is 2.09. The molecule has 0 aliphatic heterocycles. The lowest BCUT2D eigenvalue weighted by atomic mass is 10.2. The fraction of sp³-hybridized carbons (Fsp3) is 0.222. The van der Waals surface area contributed by atoms with Gasteiger partial charge in [0, 0.05) is 4.47 Å². The molecule has 1 aromatic carbocycles. The molecule has 4 heteroatoms. The first kappa shape index (κ1) is 10.4. The van der Waals surface area contributed by atoms with Gasteiger partial charge >= 0.3 is 0 Å². The number of nitriles is 1. The molecule has 1 aromatic rings. The minimum Gasteiger partial charge on any atom is -0.491 e. The van der Waals surface area contributed by atoms with Crippen molar-refractivity contribution in [2.24, 2.45) is 0 Å². The number of ether oxygens (including phenoxy) is 1. The Hall–Kier alpha value is -0.720. The minimum absolute atomic E-state index is 0.446. The lowest BCUT2D eigenvalue weighted by Crippen LogP contribution is -1.95. The Morgan fingerprint density at radius 2 is 2.31 bits per heavy atom. The van der Waals surface area contributed by atoms with Crippen molar-refractivity contribution in [2.45, 2.75) is 6.92 Å². The number of hydrogen-bond acceptors (Lipinski definition) is 2. The van der Waals surface area contributed by atoms with Crippen LogP contribution in [0, 0.1) is 11.3 Å². The van der Waals surface area contributed by atoms with Gasteiger partial charge in [-0.25, -0.2) is 0 Å². The van der Waals surface area contributed by atoms with E-state index < -0.39 is 0 Å². The first-order valence-corrected chi connectivity index (χ1v) is 4.88. The predicted octanol–water partition coefficient (Wildman–Crippen LogP) is 3.37. The van der Waals surface area contributed by atoms with Crippen molar-refractivity contribution in [3.05, 3.63) is 27.2 Å². The summed E-state index contributed by atoms with van der Waals surface area (Å²) in [5.74, 6) is 0.454. The third-order valence-electron chi connectivity index (χ3n) is 1.42. The molecule has 0 aromatic heterocycles. The van der Waals surface area contributed by atoms with E-state index in [0.29, 0.717) is 22.9 Å². The maximum Gasteiger partial charge on any atom is 0.155 e. The van der Waals surface area contributed by atoms with Gasteiger partial charge in [0.2, 0.25) is 0 Å². The van der Waals surface area contributed by atoms with E-state index in [9.17, 15) is 0 Å². The van der Waals surface area contributed by atoms with Crippen LogP contribution in [0.15, 0.2) is 16.6 Å². The number of nitrogens with zero attached hydrogens (tertiary/aromatic N) is 1. The Bertz CT molecular complexity index is 359. The van der Waals surface area contributed by atoms with Crippen molar-refractivity contribution in [1.29, 1.82) is 5.26 Å². The zero-order chi connectivity index (χ0) is 9.84. The number of benzene rings is 1. The van der Waals surface area contributed by atoms with Crippen molar-refractivity contribution >= 4 is 27.5 Å². The molecule has 0 saturated carbocycles. The van der Waals surface area contributed by atoms with Crippen LogP contribution in [0.5, 0.6) is 5.75 Å². The van der Waals surface area contributed by atoms with E-state index >= 15 is 0 Å². The summed E-state index contributed by atoms with van der Waals surface area (Å²) in [6.07, 6.45) is 0. The lowest BCUT2D eigenvalue weighted by molar-refractivity contribution is 0.339. The molecule has 0 atom stereocenters. The predicted molar refractivity (Wildman–Crippen MR) is 55.0 cm³/mol. The molecule has 0 heterocycles. The summed E-state index contributed by atoms with van der Waals surface area (Å²) >= 11 is 9.13. The Labute approximate surface area is 90.2 Å². The third kappa shape index (κ3) is 2.36. The van der Waals surface area contributed by atoms with Crippen molar-refractivity contribution in [3.8, 4) is 11.8 Å². The summed E-state index contributed by atoms with van der Waals surface area (Å²) < 4.78 is 6.01. The maximum atomic E-state index is 8.78. The van der Waals surface area contributed by atoms with Crippen LogP contribution in [0.4, 0.5) is 0 Å². The van der Waals surface area contributed by atoms with E-state index in [0.717, 1.165) is 4.47 Å². The van der Waals surface area contributed by atoms with Crippen LogP contribution in [-0.4, -0.2) is 6.61 Å². The van der Waals surface area contributed by atoms with E-state index in [1.165, 1.54) is 0 Å². The highest BCUT2D eigenvalue weighted by Gasteiger charge is 2.09. The first-order chi connectivity index (χ1) is 6.19. The molecule has 0 fully saturated rings. The Morgan fingerprint density at radius 3 is 2.85 bits per heavy atom. The number of hydrogen-bond donors (Lipinski definition) is 0. The van der Waals surface area contributed by atoms with Crippen LogP contribution < -0.4 is 4.74 Å². The molecule has 0 spiro atoms. The second-order valence-electron chi connectivity index (χ2n) is 2.31. The molecule has 0 N–H and O–H groups in total. The molecule has 0 saturated heterocycles. The van der Waals surface area contributed by atoms with E-state index in [1.807, 2.05) is 13.0 Å². The second kappa shape index (κ2) is 4.50. The second-order valence-corrected chi connectivity index (χ2v) is 3.63. The van der Waals surface area contributed by atoms with Gasteiger partial charge in [0.15, 0.2) is 5.75 Å². The molecule has 13 heavy (non-hydrogen) atoms. The van der Waals surface area contributed by atoms with Crippen LogP contribution in [-0.2, 0) is 0 Å². The summed E-state index contributed by atoms with van der Waals surface area (Å²) in [5.41, 5.74) is 0.446. The van der Waals surface area contributed by atoms with Gasteiger partial charge < -0.3 is 4.74 Å². The number of halogens is 2. The summed E-state index contributed by atoms with van der Waals surface area (Å²) in [6.45, 7) is 2.34. The molecule has 2 nitrogen and oxygen atoms in total. The third-order valence-corrected chi connectivity index (χ3v) is 2.16. The monoisotopic (exact) mass is 259 g/mol. The molecule has 0 amide bonds. The normalized spacial score (nSPS) is 9.38. The fourth-order valence-electron chi connectivity index (χ4n) is 0.934. The van der Waals surface area contributed by atoms with E-state index in [-0.39, 0.29) is 0 Å². The van der Waals surface area contributed by atoms with Gasteiger partial charge in [-0.05, 0) is 19.1 Å². The molecule has 1 rings (SSSR count). The van der Waals surface area contributed by atoms with Crippen LogP contribution >= 0.6 is 27.5 Å². The summed E-state index contributed by atoms with van der Waals surface area (Å²) in [4.78, 5) is 0. The van der Waals surface area contributed by atoms with Gasteiger partial charge in [0.25, 0.3) is 0 Å². The van der Waals surface area contributed by atoms with Crippen LogP contribution in [0.2, 0.25) is 5.02 Å². The van der Waals surface area contributed by atoms with Crippen LogP contribution in [0.25, 0.3) is 0 Å². The topological polar surface area (TPSA) is 33.0 Å². The van der Waals surface area contributed by atoms with Crippen molar-refractivity contribution in [1.82, 2.24) is 0 Å². The number of rotatable bonds is 2. The zero-order valence-corrected chi connectivity index (χ0v) is 9.32. The van der Waals surface area contributed by atoms with Gasteiger partial charge in [0.1, 0.15) is 6.07 Å². The SMILES string of the molecule is CCOc1c(Cl)cc(Br)cc1C#N. The molecular weight excluding hydrogens is 253 g/mol. The molecule has 0 unspecified atom stereocenters.